The number of halogens is 1. The molecule has 0 heterocycles. The van der Waals surface area contributed by atoms with Gasteiger partial charge in [0.25, 0.3) is 0 Å². The van der Waals surface area contributed by atoms with Crippen molar-refractivity contribution in [1.29, 1.82) is 0 Å². The number of hydrogen-bond donors (Lipinski definition) is 3. The molecule has 0 aliphatic heterocycles. The van der Waals surface area contributed by atoms with Crippen LogP contribution in [0.4, 0.5) is 20.6 Å². The van der Waals surface area contributed by atoms with Crippen LogP contribution >= 0.6 is 0 Å². The number of benzene rings is 1. The van der Waals surface area contributed by atoms with Crippen LogP contribution in [0.3, 0.4) is 0 Å². The van der Waals surface area contributed by atoms with Gasteiger partial charge in [-0.2, -0.15) is 0 Å². The molecule has 0 fully saturated rings. The van der Waals surface area contributed by atoms with Gasteiger partial charge in [-0.1, -0.05) is 0 Å². The summed E-state index contributed by atoms with van der Waals surface area (Å²) in [6.07, 6.45) is 0. The molecule has 4 nitrogen and oxygen atoms in total. The van der Waals surface area contributed by atoms with Crippen molar-refractivity contribution in [1.82, 2.24) is 5.32 Å². The highest BCUT2D eigenvalue weighted by Gasteiger charge is 2.07. The second-order valence-electron chi connectivity index (χ2n) is 3.49. The highest BCUT2D eigenvalue weighted by Crippen LogP contribution is 2.16. The van der Waals surface area contributed by atoms with Crippen LogP contribution in [0.1, 0.15) is 13.8 Å². The fourth-order valence-electron chi connectivity index (χ4n) is 1.05. The smallest absolute Gasteiger partial charge is 0.319 e. The maximum absolute atomic E-state index is 13.2. The Kier molecular flexibility index (Phi) is 3.49. The molecular formula is C10H14FN3O. The molecule has 0 atom stereocenters. The minimum Gasteiger partial charge on any atom is -0.399 e. The van der Waals surface area contributed by atoms with Crippen LogP contribution in [0.5, 0.6) is 0 Å². The van der Waals surface area contributed by atoms with Crippen molar-refractivity contribution in [3.63, 3.8) is 0 Å². The summed E-state index contributed by atoms with van der Waals surface area (Å²) in [6, 6.07) is 3.67. The van der Waals surface area contributed by atoms with E-state index in [4.69, 9.17) is 5.73 Å². The summed E-state index contributed by atoms with van der Waals surface area (Å²) >= 11 is 0. The summed E-state index contributed by atoms with van der Waals surface area (Å²) in [5, 5.41) is 4.97. The summed E-state index contributed by atoms with van der Waals surface area (Å²) in [4.78, 5) is 11.2. The Balaban J connectivity index is 2.68. The van der Waals surface area contributed by atoms with Crippen molar-refractivity contribution in [2.75, 3.05) is 11.1 Å². The van der Waals surface area contributed by atoms with E-state index in [0.717, 1.165) is 6.07 Å². The summed E-state index contributed by atoms with van der Waals surface area (Å²) in [6.45, 7) is 3.64. The summed E-state index contributed by atoms with van der Waals surface area (Å²) in [5.74, 6) is -0.547. The van der Waals surface area contributed by atoms with E-state index in [2.05, 4.69) is 10.6 Å². The van der Waals surface area contributed by atoms with Gasteiger partial charge in [-0.15, -0.1) is 0 Å². The molecular weight excluding hydrogens is 197 g/mol. The number of nitrogen functional groups attached to an aromatic ring is 1. The highest BCUT2D eigenvalue weighted by molar-refractivity contribution is 5.89. The normalized spacial score (nSPS) is 10.1. The molecule has 1 rings (SSSR count). The maximum Gasteiger partial charge on any atom is 0.319 e. The SMILES string of the molecule is CC(C)NC(=O)Nc1ccc(N)cc1F. The zero-order chi connectivity index (χ0) is 11.4. The average molecular weight is 211 g/mol. The molecule has 2 amide bonds. The van der Waals surface area contributed by atoms with Gasteiger partial charge in [0.1, 0.15) is 5.82 Å². The molecule has 0 radical (unpaired) electrons. The molecule has 1 aromatic carbocycles. The lowest BCUT2D eigenvalue weighted by Gasteiger charge is -2.10. The lowest BCUT2D eigenvalue weighted by molar-refractivity contribution is 0.250. The first kappa shape index (κ1) is 11.3. The Morgan fingerprint density at radius 3 is 2.67 bits per heavy atom. The van der Waals surface area contributed by atoms with E-state index < -0.39 is 11.8 Å². The quantitative estimate of drug-likeness (QED) is 0.654. The van der Waals surface area contributed by atoms with E-state index >= 15 is 0 Å². The molecule has 0 aliphatic rings. The monoisotopic (exact) mass is 211 g/mol. The second kappa shape index (κ2) is 4.63. The van der Waals surface area contributed by atoms with Gasteiger partial charge in [0, 0.05) is 11.7 Å². The zero-order valence-corrected chi connectivity index (χ0v) is 8.67. The van der Waals surface area contributed by atoms with Crippen molar-refractivity contribution in [3.05, 3.63) is 24.0 Å². The van der Waals surface area contributed by atoms with Gasteiger partial charge in [0.15, 0.2) is 0 Å². The largest absolute Gasteiger partial charge is 0.399 e. The molecule has 1 aromatic rings. The number of carbonyl (C=O) groups is 1. The Labute approximate surface area is 87.7 Å². The number of urea groups is 1. The predicted octanol–water partition coefficient (Wildman–Crippen LogP) is 1.94. The van der Waals surface area contributed by atoms with Crippen molar-refractivity contribution in [2.24, 2.45) is 0 Å². The van der Waals surface area contributed by atoms with E-state index in [-0.39, 0.29) is 11.7 Å². The van der Waals surface area contributed by atoms with Crippen LogP contribution in [0.15, 0.2) is 18.2 Å². The summed E-state index contributed by atoms with van der Waals surface area (Å²) in [7, 11) is 0. The number of nitrogens with two attached hydrogens (primary N) is 1. The molecule has 15 heavy (non-hydrogen) atoms. The number of anilines is 2. The fourth-order valence-corrected chi connectivity index (χ4v) is 1.05. The van der Waals surface area contributed by atoms with Crippen LogP contribution < -0.4 is 16.4 Å². The number of rotatable bonds is 2. The molecule has 0 aromatic heterocycles. The predicted molar refractivity (Wildman–Crippen MR) is 58.1 cm³/mol. The third-order valence-electron chi connectivity index (χ3n) is 1.66. The molecule has 0 saturated carbocycles. The van der Waals surface area contributed by atoms with Crippen molar-refractivity contribution in [2.45, 2.75) is 19.9 Å². The van der Waals surface area contributed by atoms with Gasteiger partial charge in [0.2, 0.25) is 0 Å². The standard InChI is InChI=1S/C10H14FN3O/c1-6(2)13-10(15)14-9-4-3-7(12)5-8(9)11/h3-6H,12H2,1-2H3,(H2,13,14,15). The third-order valence-corrected chi connectivity index (χ3v) is 1.66. The van der Waals surface area contributed by atoms with Crippen LogP contribution in [-0.4, -0.2) is 12.1 Å². The molecule has 0 unspecified atom stereocenters. The number of amides is 2. The molecule has 0 saturated heterocycles. The lowest BCUT2D eigenvalue weighted by Crippen LogP contribution is -2.34. The summed E-state index contributed by atoms with van der Waals surface area (Å²) in [5.41, 5.74) is 5.81. The van der Waals surface area contributed by atoms with E-state index in [1.165, 1.54) is 12.1 Å². The first-order valence-corrected chi connectivity index (χ1v) is 4.61. The molecule has 0 bridgehead atoms. The van der Waals surface area contributed by atoms with Gasteiger partial charge in [-0.05, 0) is 32.0 Å². The van der Waals surface area contributed by atoms with Crippen LogP contribution in [0, 0.1) is 5.82 Å². The second-order valence-corrected chi connectivity index (χ2v) is 3.49. The number of nitrogens with one attached hydrogen (secondary N) is 2. The minimum absolute atomic E-state index is 0.00171. The first-order chi connectivity index (χ1) is 6.99. The average Bonchev–Trinajstić information content (AvgIpc) is 2.08. The molecule has 82 valence electrons. The van der Waals surface area contributed by atoms with Crippen molar-refractivity contribution < 1.29 is 9.18 Å². The Morgan fingerprint density at radius 2 is 2.13 bits per heavy atom. The topological polar surface area (TPSA) is 67.2 Å². The van der Waals surface area contributed by atoms with Gasteiger partial charge < -0.3 is 16.4 Å². The van der Waals surface area contributed by atoms with E-state index in [1.807, 2.05) is 13.8 Å². The van der Waals surface area contributed by atoms with Gasteiger partial charge in [-0.25, -0.2) is 9.18 Å². The fraction of sp³-hybridized carbons (Fsp3) is 0.300. The third kappa shape index (κ3) is 3.46. The van der Waals surface area contributed by atoms with E-state index in [1.54, 1.807) is 0 Å². The first-order valence-electron chi connectivity index (χ1n) is 4.61. The zero-order valence-electron chi connectivity index (χ0n) is 8.67. The molecule has 4 N–H and O–H groups in total. The Bertz CT molecular complexity index is 366. The molecule has 0 aliphatic carbocycles. The Morgan fingerprint density at radius 1 is 1.47 bits per heavy atom. The highest BCUT2D eigenvalue weighted by atomic mass is 19.1. The molecule has 0 spiro atoms. The van der Waals surface area contributed by atoms with Crippen LogP contribution in [0.25, 0.3) is 0 Å². The van der Waals surface area contributed by atoms with Gasteiger partial charge >= 0.3 is 6.03 Å². The number of hydrogen-bond acceptors (Lipinski definition) is 2. The number of carbonyl (C=O) groups excluding carboxylic acids is 1. The van der Waals surface area contributed by atoms with Crippen LogP contribution in [-0.2, 0) is 0 Å². The minimum atomic E-state index is -0.547. The van der Waals surface area contributed by atoms with E-state index in [9.17, 15) is 9.18 Å². The summed E-state index contributed by atoms with van der Waals surface area (Å²) < 4.78 is 13.2. The lowest BCUT2D eigenvalue weighted by atomic mass is 10.2. The van der Waals surface area contributed by atoms with Crippen molar-refractivity contribution in [3.8, 4) is 0 Å². The van der Waals surface area contributed by atoms with E-state index in [0.29, 0.717) is 5.69 Å². The van der Waals surface area contributed by atoms with Crippen molar-refractivity contribution >= 4 is 17.4 Å². The van der Waals surface area contributed by atoms with Gasteiger partial charge in [0.05, 0.1) is 5.69 Å². The molecule has 5 heteroatoms. The van der Waals surface area contributed by atoms with Gasteiger partial charge in [-0.3, -0.25) is 0 Å². The maximum atomic E-state index is 13.2. The van der Waals surface area contributed by atoms with Crippen LogP contribution in [0.2, 0.25) is 0 Å². The Hall–Kier alpha value is -1.78.